The van der Waals surface area contributed by atoms with Crippen molar-refractivity contribution in [1.29, 1.82) is 0 Å². The number of aryl methyl sites for hydroxylation is 1. The van der Waals surface area contributed by atoms with Crippen LogP contribution < -0.4 is 0 Å². The minimum atomic E-state index is -0.198. The molecule has 0 aromatic heterocycles. The van der Waals surface area contributed by atoms with Crippen molar-refractivity contribution in [1.82, 2.24) is 9.80 Å². The SMILES string of the molecule is O=C(CCCc1ccccc1)N1CCN(C(=O)c2ccc(Br)cc2O)CC1. The number of halogens is 1. The first kappa shape index (κ1) is 19.4. The van der Waals surface area contributed by atoms with Crippen molar-refractivity contribution in [2.45, 2.75) is 19.3 Å². The Labute approximate surface area is 167 Å². The van der Waals surface area contributed by atoms with Crippen molar-refractivity contribution >= 4 is 27.7 Å². The van der Waals surface area contributed by atoms with Crippen molar-refractivity contribution < 1.29 is 14.7 Å². The van der Waals surface area contributed by atoms with Crippen LogP contribution in [0.2, 0.25) is 0 Å². The summed E-state index contributed by atoms with van der Waals surface area (Å²) in [4.78, 5) is 28.5. The molecule has 0 aliphatic carbocycles. The van der Waals surface area contributed by atoms with Crippen molar-refractivity contribution in [3.8, 4) is 5.75 Å². The van der Waals surface area contributed by atoms with Crippen LogP contribution in [0.3, 0.4) is 0 Å². The highest BCUT2D eigenvalue weighted by molar-refractivity contribution is 9.10. The second kappa shape index (κ2) is 9.04. The number of nitrogens with zero attached hydrogens (tertiary/aromatic N) is 2. The number of rotatable bonds is 5. The lowest BCUT2D eigenvalue weighted by Gasteiger charge is -2.35. The van der Waals surface area contributed by atoms with Gasteiger partial charge in [-0.25, -0.2) is 0 Å². The van der Waals surface area contributed by atoms with Gasteiger partial charge in [-0.2, -0.15) is 0 Å². The van der Waals surface area contributed by atoms with Crippen molar-refractivity contribution in [2.24, 2.45) is 0 Å². The largest absolute Gasteiger partial charge is 0.507 e. The van der Waals surface area contributed by atoms with Gasteiger partial charge in [0.1, 0.15) is 5.75 Å². The van der Waals surface area contributed by atoms with Gasteiger partial charge >= 0.3 is 0 Å². The molecule has 1 aliphatic heterocycles. The maximum absolute atomic E-state index is 12.6. The van der Waals surface area contributed by atoms with Crippen LogP contribution in [0.4, 0.5) is 0 Å². The fraction of sp³-hybridized carbons (Fsp3) is 0.333. The van der Waals surface area contributed by atoms with E-state index < -0.39 is 0 Å². The number of amides is 2. The summed E-state index contributed by atoms with van der Waals surface area (Å²) in [5, 5.41) is 9.98. The third kappa shape index (κ3) is 5.10. The van der Waals surface area contributed by atoms with Crippen molar-refractivity contribution in [2.75, 3.05) is 26.2 Å². The molecule has 0 unspecified atom stereocenters. The Morgan fingerprint density at radius 1 is 0.963 bits per heavy atom. The maximum atomic E-state index is 12.6. The zero-order valence-electron chi connectivity index (χ0n) is 15.1. The Hall–Kier alpha value is -2.34. The summed E-state index contributed by atoms with van der Waals surface area (Å²) in [6.07, 6.45) is 2.25. The number of benzene rings is 2. The Morgan fingerprint density at radius 2 is 1.63 bits per heavy atom. The van der Waals surface area contributed by atoms with Gasteiger partial charge < -0.3 is 14.9 Å². The molecule has 1 aliphatic rings. The molecule has 27 heavy (non-hydrogen) atoms. The lowest BCUT2D eigenvalue weighted by atomic mass is 10.1. The fourth-order valence-corrected chi connectivity index (χ4v) is 3.61. The molecule has 1 fully saturated rings. The van der Waals surface area contributed by atoms with Gasteiger partial charge in [-0.15, -0.1) is 0 Å². The first-order chi connectivity index (χ1) is 13.0. The van der Waals surface area contributed by atoms with Crippen LogP contribution >= 0.6 is 15.9 Å². The van der Waals surface area contributed by atoms with E-state index in [1.54, 1.807) is 17.0 Å². The van der Waals surface area contributed by atoms with E-state index >= 15 is 0 Å². The van der Waals surface area contributed by atoms with E-state index in [1.165, 1.54) is 11.6 Å². The van der Waals surface area contributed by atoms with Crippen LogP contribution in [0.5, 0.6) is 5.75 Å². The molecule has 2 aromatic rings. The van der Waals surface area contributed by atoms with E-state index in [9.17, 15) is 14.7 Å². The summed E-state index contributed by atoms with van der Waals surface area (Å²) < 4.78 is 0.725. The average Bonchev–Trinajstić information content (AvgIpc) is 2.68. The molecule has 0 saturated carbocycles. The predicted octanol–water partition coefficient (Wildman–Crippen LogP) is 3.46. The first-order valence-electron chi connectivity index (χ1n) is 9.14. The summed E-state index contributed by atoms with van der Waals surface area (Å²) in [7, 11) is 0. The third-order valence-corrected chi connectivity index (χ3v) is 5.30. The number of carbonyl (C=O) groups excluding carboxylic acids is 2. The Kier molecular flexibility index (Phi) is 6.50. The van der Waals surface area contributed by atoms with Gasteiger partial charge in [-0.1, -0.05) is 46.3 Å². The number of hydrogen-bond donors (Lipinski definition) is 1. The lowest BCUT2D eigenvalue weighted by Crippen LogP contribution is -2.50. The molecule has 0 atom stereocenters. The molecule has 1 N–H and O–H groups in total. The van der Waals surface area contributed by atoms with Gasteiger partial charge in [0.25, 0.3) is 5.91 Å². The van der Waals surface area contributed by atoms with Crippen LogP contribution in [0.1, 0.15) is 28.8 Å². The highest BCUT2D eigenvalue weighted by atomic mass is 79.9. The topological polar surface area (TPSA) is 60.9 Å². The normalized spacial score (nSPS) is 14.3. The van der Waals surface area contributed by atoms with Crippen molar-refractivity contribution in [3.63, 3.8) is 0 Å². The van der Waals surface area contributed by atoms with Gasteiger partial charge in [0.05, 0.1) is 5.56 Å². The molecule has 1 heterocycles. The van der Waals surface area contributed by atoms with E-state index in [0.29, 0.717) is 38.2 Å². The Morgan fingerprint density at radius 3 is 2.30 bits per heavy atom. The second-order valence-corrected chi connectivity index (χ2v) is 7.59. The zero-order chi connectivity index (χ0) is 19.2. The fourth-order valence-electron chi connectivity index (χ4n) is 3.26. The zero-order valence-corrected chi connectivity index (χ0v) is 16.7. The van der Waals surface area contributed by atoms with Crippen LogP contribution in [0.15, 0.2) is 53.0 Å². The molecule has 2 amide bonds. The molecular formula is C21H23BrN2O3. The summed E-state index contributed by atoms with van der Waals surface area (Å²) in [6.45, 7) is 2.04. The van der Waals surface area contributed by atoms with Gasteiger partial charge in [-0.05, 0) is 36.6 Å². The Balaban J connectivity index is 1.46. The minimum Gasteiger partial charge on any atom is -0.507 e. The lowest BCUT2D eigenvalue weighted by molar-refractivity contribution is -0.132. The second-order valence-electron chi connectivity index (χ2n) is 6.67. The van der Waals surface area contributed by atoms with Crippen LogP contribution in [-0.4, -0.2) is 52.9 Å². The molecule has 0 radical (unpaired) electrons. The number of phenols is 1. The number of carbonyl (C=O) groups is 2. The first-order valence-corrected chi connectivity index (χ1v) is 9.93. The molecule has 0 bridgehead atoms. The molecular weight excluding hydrogens is 408 g/mol. The van der Waals surface area contributed by atoms with Gasteiger partial charge in [0.15, 0.2) is 0 Å². The monoisotopic (exact) mass is 430 g/mol. The molecule has 2 aromatic carbocycles. The van der Waals surface area contributed by atoms with Crippen LogP contribution in [0.25, 0.3) is 0 Å². The smallest absolute Gasteiger partial charge is 0.257 e. The third-order valence-electron chi connectivity index (χ3n) is 4.81. The van der Waals surface area contributed by atoms with Gasteiger partial charge in [-0.3, -0.25) is 9.59 Å². The summed E-state index contributed by atoms with van der Waals surface area (Å²) in [5.74, 6) is -0.0884. The molecule has 3 rings (SSSR count). The van der Waals surface area contributed by atoms with E-state index in [4.69, 9.17) is 0 Å². The van der Waals surface area contributed by atoms with Crippen molar-refractivity contribution in [3.05, 3.63) is 64.1 Å². The highest BCUT2D eigenvalue weighted by Crippen LogP contribution is 2.24. The average molecular weight is 431 g/mol. The van der Waals surface area contributed by atoms with Gasteiger partial charge in [0.2, 0.25) is 5.91 Å². The maximum Gasteiger partial charge on any atom is 0.257 e. The predicted molar refractivity (Wildman–Crippen MR) is 108 cm³/mol. The van der Waals surface area contributed by atoms with E-state index in [-0.39, 0.29) is 17.6 Å². The number of phenolic OH excluding ortho intramolecular Hbond substituents is 1. The Bertz CT molecular complexity index is 802. The highest BCUT2D eigenvalue weighted by Gasteiger charge is 2.25. The van der Waals surface area contributed by atoms with Crippen LogP contribution in [0, 0.1) is 0 Å². The number of hydrogen-bond acceptors (Lipinski definition) is 3. The minimum absolute atomic E-state index is 0.0335. The number of piperazine rings is 1. The van der Waals surface area contributed by atoms with E-state index in [1.807, 2.05) is 23.1 Å². The molecule has 5 nitrogen and oxygen atoms in total. The quantitative estimate of drug-likeness (QED) is 0.789. The van der Waals surface area contributed by atoms with E-state index in [0.717, 1.165) is 17.3 Å². The molecule has 1 saturated heterocycles. The van der Waals surface area contributed by atoms with Crippen LogP contribution in [-0.2, 0) is 11.2 Å². The van der Waals surface area contributed by atoms with Gasteiger partial charge in [0, 0.05) is 37.1 Å². The standard InChI is InChI=1S/C21H23BrN2O3/c22-17-9-10-18(19(25)15-17)21(27)24-13-11-23(12-14-24)20(26)8-4-7-16-5-2-1-3-6-16/h1-3,5-6,9-10,15,25H,4,7-8,11-14H2. The molecule has 0 spiro atoms. The number of aromatic hydroxyl groups is 1. The molecule has 142 valence electrons. The van der Waals surface area contributed by atoms with E-state index in [2.05, 4.69) is 28.1 Å². The summed E-state index contributed by atoms with van der Waals surface area (Å²) >= 11 is 3.27. The summed E-state index contributed by atoms with van der Waals surface area (Å²) in [5.41, 5.74) is 1.54. The summed E-state index contributed by atoms with van der Waals surface area (Å²) in [6, 6.07) is 15.0. The molecule has 6 heteroatoms.